The summed E-state index contributed by atoms with van der Waals surface area (Å²) >= 11 is 5.44. The van der Waals surface area contributed by atoms with E-state index < -0.39 is 0 Å². The molecule has 0 atom stereocenters. The van der Waals surface area contributed by atoms with E-state index in [9.17, 15) is 0 Å². The Kier molecular flexibility index (Phi) is 5.62. The Morgan fingerprint density at radius 1 is 1.04 bits per heavy atom. The molecule has 6 nitrogen and oxygen atoms in total. The van der Waals surface area contributed by atoms with Crippen LogP contribution in [0.1, 0.15) is 37.8 Å². The second kappa shape index (κ2) is 8.31. The number of aromatic nitrogens is 2. The van der Waals surface area contributed by atoms with Gasteiger partial charge in [0, 0.05) is 38.8 Å². The number of nitrogens with zero attached hydrogens (tertiary/aromatic N) is 4. The van der Waals surface area contributed by atoms with Crippen molar-refractivity contribution in [1.29, 1.82) is 0 Å². The molecular weight excluding hydrogens is 368 g/mol. The predicted molar refractivity (Wildman–Crippen MR) is 119 cm³/mol. The molecule has 1 fully saturated rings. The van der Waals surface area contributed by atoms with Crippen LogP contribution in [0, 0.1) is 5.92 Å². The second-order valence-electron chi connectivity index (χ2n) is 7.96. The molecule has 1 aromatic carbocycles. The lowest BCUT2D eigenvalue weighted by Crippen LogP contribution is -2.32. The van der Waals surface area contributed by atoms with E-state index in [0.717, 1.165) is 44.4 Å². The summed E-state index contributed by atoms with van der Waals surface area (Å²) in [5.74, 6) is 3.02. The minimum Gasteiger partial charge on any atom is -0.362 e. The van der Waals surface area contributed by atoms with E-state index in [0.29, 0.717) is 17.0 Å². The Balaban J connectivity index is 1.57. The minimum atomic E-state index is 0.523. The van der Waals surface area contributed by atoms with E-state index >= 15 is 0 Å². The quantitative estimate of drug-likeness (QED) is 0.750. The third-order valence-corrected chi connectivity index (χ3v) is 5.44. The minimum absolute atomic E-state index is 0.523. The van der Waals surface area contributed by atoms with Gasteiger partial charge in [0.15, 0.2) is 5.11 Å². The van der Waals surface area contributed by atoms with Crippen molar-refractivity contribution in [3.63, 3.8) is 0 Å². The zero-order chi connectivity index (χ0) is 19.5. The van der Waals surface area contributed by atoms with Crippen molar-refractivity contribution >= 4 is 34.9 Å². The number of hydrogen-bond acceptors (Lipinski definition) is 5. The molecule has 3 heterocycles. The van der Waals surface area contributed by atoms with Gasteiger partial charge in [-0.2, -0.15) is 9.97 Å². The first kappa shape index (κ1) is 18.9. The lowest BCUT2D eigenvalue weighted by Gasteiger charge is -2.22. The molecule has 2 aliphatic rings. The van der Waals surface area contributed by atoms with Gasteiger partial charge in [0.25, 0.3) is 0 Å². The first-order valence-electron chi connectivity index (χ1n) is 10.1. The van der Waals surface area contributed by atoms with Crippen LogP contribution in [0.3, 0.4) is 0 Å². The SMILES string of the molecule is CC(C)CNC(=S)Nc1nc(N2CCCC2)cc(N2Cc3ccccc3C2)n1. The van der Waals surface area contributed by atoms with E-state index in [1.54, 1.807) is 0 Å². The maximum atomic E-state index is 5.44. The predicted octanol–water partition coefficient (Wildman–Crippen LogP) is 3.54. The Morgan fingerprint density at radius 2 is 1.64 bits per heavy atom. The van der Waals surface area contributed by atoms with Gasteiger partial charge in [-0.15, -0.1) is 0 Å². The van der Waals surface area contributed by atoms with Crippen molar-refractivity contribution in [2.24, 2.45) is 5.92 Å². The Hall–Kier alpha value is -2.41. The largest absolute Gasteiger partial charge is 0.362 e. The van der Waals surface area contributed by atoms with Crippen LogP contribution in [-0.4, -0.2) is 34.7 Å². The normalized spacial score (nSPS) is 15.8. The lowest BCUT2D eigenvalue weighted by atomic mass is 10.1. The molecule has 0 aliphatic carbocycles. The van der Waals surface area contributed by atoms with Crippen molar-refractivity contribution in [1.82, 2.24) is 15.3 Å². The number of thiocarbonyl (C=S) groups is 1. The average molecular weight is 397 g/mol. The maximum absolute atomic E-state index is 5.44. The van der Waals surface area contributed by atoms with E-state index in [2.05, 4.69) is 64.6 Å². The summed E-state index contributed by atoms with van der Waals surface area (Å²) in [5, 5.41) is 7.00. The number of nitrogens with one attached hydrogen (secondary N) is 2. The summed E-state index contributed by atoms with van der Waals surface area (Å²) in [6.07, 6.45) is 2.43. The van der Waals surface area contributed by atoms with Gasteiger partial charge in [-0.3, -0.25) is 0 Å². The molecule has 1 aromatic heterocycles. The molecule has 28 heavy (non-hydrogen) atoms. The third kappa shape index (κ3) is 4.35. The summed E-state index contributed by atoms with van der Waals surface area (Å²) in [7, 11) is 0. The monoisotopic (exact) mass is 396 g/mol. The highest BCUT2D eigenvalue weighted by molar-refractivity contribution is 7.80. The fourth-order valence-corrected chi connectivity index (χ4v) is 3.86. The summed E-state index contributed by atoms with van der Waals surface area (Å²) < 4.78 is 0. The van der Waals surface area contributed by atoms with Crippen molar-refractivity contribution < 1.29 is 0 Å². The van der Waals surface area contributed by atoms with Crippen LogP contribution >= 0.6 is 12.2 Å². The summed E-state index contributed by atoms with van der Waals surface area (Å²) in [6, 6.07) is 10.7. The average Bonchev–Trinajstić information content (AvgIpc) is 3.36. The smallest absolute Gasteiger partial charge is 0.232 e. The summed E-state index contributed by atoms with van der Waals surface area (Å²) in [4.78, 5) is 14.2. The molecule has 2 N–H and O–H groups in total. The van der Waals surface area contributed by atoms with Crippen molar-refractivity contribution in [3.8, 4) is 0 Å². The molecule has 0 amide bonds. The number of benzene rings is 1. The first-order valence-corrected chi connectivity index (χ1v) is 10.5. The third-order valence-electron chi connectivity index (χ3n) is 5.19. The molecule has 2 aliphatic heterocycles. The lowest BCUT2D eigenvalue weighted by molar-refractivity contribution is 0.627. The zero-order valence-electron chi connectivity index (χ0n) is 16.6. The molecule has 4 rings (SSSR count). The number of hydrogen-bond donors (Lipinski definition) is 2. The van der Waals surface area contributed by atoms with Gasteiger partial charge in [-0.05, 0) is 42.1 Å². The molecule has 0 radical (unpaired) electrons. The fraction of sp³-hybridized carbons (Fsp3) is 0.476. The summed E-state index contributed by atoms with van der Waals surface area (Å²) in [6.45, 7) is 8.99. The zero-order valence-corrected chi connectivity index (χ0v) is 17.4. The van der Waals surface area contributed by atoms with Crippen LogP contribution in [0.15, 0.2) is 30.3 Å². The number of anilines is 3. The number of fused-ring (bicyclic) bond motifs is 1. The van der Waals surface area contributed by atoms with Gasteiger partial charge in [-0.25, -0.2) is 0 Å². The number of rotatable bonds is 5. The van der Waals surface area contributed by atoms with Crippen molar-refractivity contribution in [3.05, 3.63) is 41.5 Å². The van der Waals surface area contributed by atoms with Crippen LogP contribution in [0.25, 0.3) is 0 Å². The molecular formula is C21H28N6S. The molecule has 0 bridgehead atoms. The fourth-order valence-electron chi connectivity index (χ4n) is 3.69. The van der Waals surface area contributed by atoms with Gasteiger partial charge in [-0.1, -0.05) is 38.1 Å². The van der Waals surface area contributed by atoms with E-state index in [-0.39, 0.29) is 0 Å². The van der Waals surface area contributed by atoms with Crippen LogP contribution < -0.4 is 20.4 Å². The molecule has 148 valence electrons. The summed E-state index contributed by atoms with van der Waals surface area (Å²) in [5.41, 5.74) is 2.74. The second-order valence-corrected chi connectivity index (χ2v) is 8.36. The van der Waals surface area contributed by atoms with Crippen LogP contribution in [0.5, 0.6) is 0 Å². The standard InChI is InChI=1S/C21H28N6S/c1-15(2)12-22-21(28)25-20-23-18(26-9-5-6-10-26)11-19(24-20)27-13-16-7-3-4-8-17(16)14-27/h3-4,7-8,11,15H,5-6,9-10,12-14H2,1-2H3,(H2,22,23,24,25,28). The Morgan fingerprint density at radius 3 is 2.25 bits per heavy atom. The van der Waals surface area contributed by atoms with Crippen molar-refractivity contribution in [2.75, 3.05) is 34.8 Å². The van der Waals surface area contributed by atoms with E-state index in [4.69, 9.17) is 22.2 Å². The topological polar surface area (TPSA) is 56.3 Å². The van der Waals surface area contributed by atoms with Crippen LogP contribution in [0.2, 0.25) is 0 Å². The molecule has 0 unspecified atom stereocenters. The highest BCUT2D eigenvalue weighted by atomic mass is 32.1. The highest BCUT2D eigenvalue weighted by Gasteiger charge is 2.23. The van der Waals surface area contributed by atoms with Gasteiger partial charge < -0.3 is 20.4 Å². The molecule has 0 saturated carbocycles. The van der Waals surface area contributed by atoms with Gasteiger partial charge in [0.05, 0.1) is 0 Å². The maximum Gasteiger partial charge on any atom is 0.232 e. The van der Waals surface area contributed by atoms with Crippen molar-refractivity contribution in [2.45, 2.75) is 39.8 Å². The van der Waals surface area contributed by atoms with Crippen LogP contribution in [-0.2, 0) is 13.1 Å². The highest BCUT2D eigenvalue weighted by Crippen LogP contribution is 2.30. The van der Waals surface area contributed by atoms with Gasteiger partial charge in [0.2, 0.25) is 5.95 Å². The van der Waals surface area contributed by atoms with E-state index in [1.807, 2.05) is 0 Å². The van der Waals surface area contributed by atoms with Gasteiger partial charge in [0.1, 0.15) is 11.6 Å². The molecule has 1 saturated heterocycles. The Labute approximate surface area is 172 Å². The molecule has 0 spiro atoms. The molecule has 2 aromatic rings. The van der Waals surface area contributed by atoms with E-state index in [1.165, 1.54) is 24.0 Å². The Bertz CT molecular complexity index is 822. The first-order chi connectivity index (χ1) is 13.6. The van der Waals surface area contributed by atoms with Crippen LogP contribution in [0.4, 0.5) is 17.6 Å². The van der Waals surface area contributed by atoms with Gasteiger partial charge >= 0.3 is 0 Å². The molecule has 7 heteroatoms.